The van der Waals surface area contributed by atoms with Crippen molar-refractivity contribution in [2.24, 2.45) is 0 Å². The van der Waals surface area contributed by atoms with Gasteiger partial charge in [-0.05, 0) is 25.0 Å². The van der Waals surface area contributed by atoms with Gasteiger partial charge in [0.2, 0.25) is 5.95 Å². The van der Waals surface area contributed by atoms with E-state index in [9.17, 15) is 0 Å². The van der Waals surface area contributed by atoms with Crippen molar-refractivity contribution in [2.45, 2.75) is 25.3 Å². The zero-order valence-corrected chi connectivity index (χ0v) is 8.87. The Balaban J connectivity index is 2.05. The largest absolute Gasteiger partial charge is 0.366 e. The fourth-order valence-electron chi connectivity index (χ4n) is 2.22. The summed E-state index contributed by atoms with van der Waals surface area (Å²) >= 11 is 0. The Morgan fingerprint density at radius 2 is 2.31 bits per heavy atom. The van der Waals surface area contributed by atoms with Crippen LogP contribution in [0.4, 0.5) is 5.95 Å². The van der Waals surface area contributed by atoms with Gasteiger partial charge in [0.1, 0.15) is 5.82 Å². The molecule has 3 rings (SSSR count). The van der Waals surface area contributed by atoms with Gasteiger partial charge in [-0.25, -0.2) is 4.68 Å². The van der Waals surface area contributed by atoms with Crippen LogP contribution in [0.5, 0.6) is 0 Å². The first-order chi connectivity index (χ1) is 7.84. The van der Waals surface area contributed by atoms with Crippen molar-refractivity contribution in [3.8, 4) is 0 Å². The highest BCUT2D eigenvalue weighted by Gasteiger charge is 2.24. The quantitative estimate of drug-likeness (QED) is 0.775. The molecule has 0 bridgehead atoms. The first-order valence-corrected chi connectivity index (χ1v) is 5.46. The molecular formula is C11H13N5. The van der Waals surface area contributed by atoms with Crippen molar-refractivity contribution < 1.29 is 0 Å². The average molecular weight is 215 g/mol. The van der Waals surface area contributed by atoms with Crippen molar-refractivity contribution >= 4 is 5.95 Å². The van der Waals surface area contributed by atoms with Crippen LogP contribution in [0.3, 0.4) is 0 Å². The number of hydrogen-bond acceptors (Lipinski definition) is 4. The SMILES string of the molecule is Nc1nc2n(n1)C(c1ccccn1)CCC2. The molecule has 5 nitrogen and oxygen atoms in total. The third-order valence-corrected chi connectivity index (χ3v) is 2.92. The lowest BCUT2D eigenvalue weighted by Crippen LogP contribution is -2.21. The highest BCUT2D eigenvalue weighted by molar-refractivity contribution is 5.19. The van der Waals surface area contributed by atoms with Crippen molar-refractivity contribution in [3.63, 3.8) is 0 Å². The standard InChI is InChI=1S/C11H13N5/c12-11-14-10-6-3-5-9(16(10)15-11)8-4-1-2-7-13-8/h1-2,4,7,9H,3,5-6H2,(H2,12,15). The third-order valence-electron chi connectivity index (χ3n) is 2.92. The summed E-state index contributed by atoms with van der Waals surface area (Å²) in [6, 6.07) is 6.13. The number of aromatic nitrogens is 4. The van der Waals surface area contributed by atoms with Crippen LogP contribution in [0, 0.1) is 0 Å². The average Bonchev–Trinajstić information content (AvgIpc) is 2.70. The molecule has 0 spiro atoms. The molecule has 0 saturated heterocycles. The second-order valence-electron chi connectivity index (χ2n) is 3.99. The van der Waals surface area contributed by atoms with Gasteiger partial charge in [-0.2, -0.15) is 4.98 Å². The van der Waals surface area contributed by atoms with E-state index in [0.717, 1.165) is 30.8 Å². The van der Waals surface area contributed by atoms with Crippen molar-refractivity contribution in [2.75, 3.05) is 5.73 Å². The zero-order valence-electron chi connectivity index (χ0n) is 8.87. The molecule has 0 saturated carbocycles. The van der Waals surface area contributed by atoms with Crippen LogP contribution >= 0.6 is 0 Å². The number of pyridine rings is 1. The van der Waals surface area contributed by atoms with Crippen LogP contribution < -0.4 is 5.73 Å². The van der Waals surface area contributed by atoms with Crippen LogP contribution in [0.2, 0.25) is 0 Å². The van der Waals surface area contributed by atoms with Crippen LogP contribution in [0.25, 0.3) is 0 Å². The lowest BCUT2D eigenvalue weighted by atomic mass is 10.0. The highest BCUT2D eigenvalue weighted by Crippen LogP contribution is 2.28. The fraction of sp³-hybridized carbons (Fsp3) is 0.364. The number of aryl methyl sites for hydroxylation is 1. The number of nitrogen functional groups attached to an aromatic ring is 1. The molecule has 82 valence electrons. The fourth-order valence-corrected chi connectivity index (χ4v) is 2.22. The Morgan fingerprint density at radius 1 is 1.38 bits per heavy atom. The molecule has 1 unspecified atom stereocenters. The van der Waals surface area contributed by atoms with Crippen LogP contribution in [-0.2, 0) is 6.42 Å². The zero-order chi connectivity index (χ0) is 11.0. The topological polar surface area (TPSA) is 69.6 Å². The molecule has 2 aromatic heterocycles. The van der Waals surface area contributed by atoms with E-state index in [-0.39, 0.29) is 6.04 Å². The monoisotopic (exact) mass is 215 g/mol. The third kappa shape index (κ3) is 1.44. The molecule has 0 aliphatic carbocycles. The molecule has 5 heteroatoms. The molecule has 0 radical (unpaired) electrons. The molecule has 0 aromatic carbocycles. The second kappa shape index (κ2) is 3.59. The first kappa shape index (κ1) is 9.33. The summed E-state index contributed by atoms with van der Waals surface area (Å²) in [7, 11) is 0. The minimum absolute atomic E-state index is 0.190. The van der Waals surface area contributed by atoms with Gasteiger partial charge in [-0.15, -0.1) is 5.10 Å². The van der Waals surface area contributed by atoms with E-state index in [1.165, 1.54) is 0 Å². The minimum atomic E-state index is 0.190. The number of rotatable bonds is 1. The summed E-state index contributed by atoms with van der Waals surface area (Å²) in [4.78, 5) is 8.61. The molecule has 0 amide bonds. The smallest absolute Gasteiger partial charge is 0.239 e. The van der Waals surface area contributed by atoms with E-state index in [0.29, 0.717) is 5.95 Å². The van der Waals surface area contributed by atoms with Gasteiger partial charge in [0.25, 0.3) is 0 Å². The van der Waals surface area contributed by atoms with E-state index < -0.39 is 0 Å². The Kier molecular flexibility index (Phi) is 2.09. The summed E-state index contributed by atoms with van der Waals surface area (Å²) in [5, 5.41) is 4.25. The van der Waals surface area contributed by atoms with Crippen molar-refractivity contribution in [1.82, 2.24) is 19.7 Å². The predicted molar refractivity (Wildman–Crippen MR) is 59.7 cm³/mol. The molecule has 1 aliphatic heterocycles. The summed E-state index contributed by atoms with van der Waals surface area (Å²) < 4.78 is 1.92. The molecule has 1 atom stereocenters. The van der Waals surface area contributed by atoms with Crippen molar-refractivity contribution in [1.29, 1.82) is 0 Å². The van der Waals surface area contributed by atoms with Gasteiger partial charge in [-0.1, -0.05) is 6.07 Å². The summed E-state index contributed by atoms with van der Waals surface area (Å²) in [5.74, 6) is 1.33. The summed E-state index contributed by atoms with van der Waals surface area (Å²) in [6.07, 6.45) is 4.92. The van der Waals surface area contributed by atoms with Crippen molar-refractivity contribution in [3.05, 3.63) is 35.9 Å². The predicted octanol–water partition coefficient (Wildman–Crippen LogP) is 1.18. The maximum Gasteiger partial charge on any atom is 0.239 e. The Morgan fingerprint density at radius 3 is 3.12 bits per heavy atom. The van der Waals surface area contributed by atoms with Crippen LogP contribution in [-0.4, -0.2) is 19.7 Å². The lowest BCUT2D eigenvalue weighted by Gasteiger charge is -2.22. The molecule has 16 heavy (non-hydrogen) atoms. The second-order valence-corrected chi connectivity index (χ2v) is 3.99. The van der Waals surface area contributed by atoms with E-state index in [2.05, 4.69) is 15.1 Å². The normalized spacial score (nSPS) is 19.4. The molecule has 0 fully saturated rings. The van der Waals surface area contributed by atoms with E-state index in [4.69, 9.17) is 5.73 Å². The minimum Gasteiger partial charge on any atom is -0.366 e. The summed E-state index contributed by atoms with van der Waals surface area (Å²) in [6.45, 7) is 0. The molecule has 1 aliphatic rings. The number of fused-ring (bicyclic) bond motifs is 1. The highest BCUT2D eigenvalue weighted by atomic mass is 15.4. The van der Waals surface area contributed by atoms with E-state index in [1.807, 2.05) is 29.1 Å². The Bertz CT molecular complexity index is 490. The molecule has 2 N–H and O–H groups in total. The number of hydrogen-bond donors (Lipinski definition) is 1. The maximum atomic E-state index is 5.64. The van der Waals surface area contributed by atoms with Gasteiger partial charge in [0.15, 0.2) is 0 Å². The first-order valence-electron chi connectivity index (χ1n) is 5.46. The van der Waals surface area contributed by atoms with Gasteiger partial charge in [-0.3, -0.25) is 4.98 Å². The van der Waals surface area contributed by atoms with E-state index >= 15 is 0 Å². The lowest BCUT2D eigenvalue weighted by molar-refractivity contribution is 0.405. The van der Waals surface area contributed by atoms with Gasteiger partial charge >= 0.3 is 0 Å². The maximum absolute atomic E-state index is 5.64. The van der Waals surface area contributed by atoms with Gasteiger partial charge in [0, 0.05) is 12.6 Å². The number of nitrogens with zero attached hydrogens (tertiary/aromatic N) is 4. The van der Waals surface area contributed by atoms with Gasteiger partial charge in [0.05, 0.1) is 11.7 Å². The molecular weight excluding hydrogens is 202 g/mol. The van der Waals surface area contributed by atoms with E-state index in [1.54, 1.807) is 0 Å². The Hall–Kier alpha value is -1.91. The Labute approximate surface area is 93.3 Å². The van der Waals surface area contributed by atoms with Crippen LogP contribution in [0.1, 0.15) is 30.4 Å². The molecule has 3 heterocycles. The number of nitrogens with two attached hydrogens (primary N) is 1. The van der Waals surface area contributed by atoms with Crippen LogP contribution in [0.15, 0.2) is 24.4 Å². The molecule has 2 aromatic rings. The number of anilines is 1. The van der Waals surface area contributed by atoms with Gasteiger partial charge < -0.3 is 5.73 Å². The summed E-state index contributed by atoms with van der Waals surface area (Å²) in [5.41, 5.74) is 6.67.